The second-order valence-corrected chi connectivity index (χ2v) is 8.13. The van der Waals surface area contributed by atoms with Crippen LogP contribution in [0.5, 0.6) is 0 Å². The summed E-state index contributed by atoms with van der Waals surface area (Å²) in [6.07, 6.45) is 2.31. The van der Waals surface area contributed by atoms with Crippen molar-refractivity contribution in [3.63, 3.8) is 0 Å². The largest absolute Gasteiger partial charge is 3.00 e. The molecule has 0 aliphatic heterocycles. The molecule has 0 amide bonds. The van der Waals surface area contributed by atoms with Gasteiger partial charge in [-0.2, -0.15) is 15.0 Å². The standard InChI is InChI=1S/3C8H12N2O2.Fe/c3*1-4-7-5(2)9-8(11)10(12)6(7)3;/h3*12H,4H2,1-3H3;/q;;;+3. The van der Waals surface area contributed by atoms with Crippen molar-refractivity contribution in [1.29, 1.82) is 0 Å². The normalized spacial score (nSPS) is 9.97. The summed E-state index contributed by atoms with van der Waals surface area (Å²) in [7, 11) is 0. The summed E-state index contributed by atoms with van der Waals surface area (Å²) in [5, 5.41) is 27.6. The zero-order chi connectivity index (χ0) is 27.9. The first kappa shape index (κ1) is 33.6. The van der Waals surface area contributed by atoms with Crippen LogP contribution in [-0.4, -0.2) is 44.8 Å². The zero-order valence-corrected chi connectivity index (χ0v) is 23.8. The maximum atomic E-state index is 10.9. The van der Waals surface area contributed by atoms with Crippen LogP contribution in [0.3, 0.4) is 0 Å². The summed E-state index contributed by atoms with van der Waals surface area (Å²) in [5.74, 6) is 0. The van der Waals surface area contributed by atoms with E-state index < -0.39 is 17.1 Å². The topological polar surface area (TPSA) is 165 Å². The molecule has 12 nitrogen and oxygen atoms in total. The number of aromatic nitrogens is 6. The van der Waals surface area contributed by atoms with Crippen LogP contribution in [0.2, 0.25) is 0 Å². The van der Waals surface area contributed by atoms with Gasteiger partial charge in [-0.25, -0.2) is 14.4 Å². The third kappa shape index (κ3) is 7.77. The molecule has 0 saturated carbocycles. The van der Waals surface area contributed by atoms with Gasteiger partial charge >= 0.3 is 34.1 Å². The third-order valence-electron chi connectivity index (χ3n) is 5.97. The molecule has 3 rings (SSSR count). The fourth-order valence-electron chi connectivity index (χ4n) is 3.91. The molecule has 0 spiro atoms. The van der Waals surface area contributed by atoms with E-state index in [1.165, 1.54) is 0 Å². The van der Waals surface area contributed by atoms with Gasteiger partial charge in [0, 0.05) is 17.1 Å². The molecule has 37 heavy (non-hydrogen) atoms. The van der Waals surface area contributed by atoms with Crippen molar-refractivity contribution in [2.45, 2.75) is 81.6 Å². The Bertz CT molecular complexity index is 1240. The van der Waals surface area contributed by atoms with Gasteiger partial charge in [0.15, 0.2) is 0 Å². The second-order valence-electron chi connectivity index (χ2n) is 8.13. The average Bonchev–Trinajstić information content (AvgIpc) is 2.81. The van der Waals surface area contributed by atoms with E-state index in [9.17, 15) is 30.0 Å². The summed E-state index contributed by atoms with van der Waals surface area (Å²) in [6, 6.07) is 0. The van der Waals surface area contributed by atoms with E-state index in [1.807, 2.05) is 20.8 Å². The van der Waals surface area contributed by atoms with Gasteiger partial charge in [0.2, 0.25) is 0 Å². The summed E-state index contributed by atoms with van der Waals surface area (Å²) in [6.45, 7) is 16.3. The maximum absolute atomic E-state index is 10.9. The zero-order valence-electron chi connectivity index (χ0n) is 22.7. The summed E-state index contributed by atoms with van der Waals surface area (Å²) in [4.78, 5) is 43.8. The fourth-order valence-corrected chi connectivity index (χ4v) is 3.91. The Hall–Kier alpha value is -3.44. The van der Waals surface area contributed by atoms with Crippen molar-refractivity contribution in [1.82, 2.24) is 29.1 Å². The van der Waals surface area contributed by atoms with Gasteiger partial charge in [-0.3, -0.25) is 0 Å². The minimum absolute atomic E-state index is 0. The fraction of sp³-hybridized carbons (Fsp3) is 0.500. The molecule has 3 N–H and O–H groups in total. The minimum Gasteiger partial charge on any atom is -0.424 e. The summed E-state index contributed by atoms with van der Waals surface area (Å²) >= 11 is 0. The van der Waals surface area contributed by atoms with E-state index >= 15 is 0 Å². The van der Waals surface area contributed by atoms with Crippen LogP contribution in [0.15, 0.2) is 14.4 Å². The number of hydrogen-bond acceptors (Lipinski definition) is 9. The molecule has 1 radical (unpaired) electrons. The molecule has 0 unspecified atom stereocenters. The van der Waals surface area contributed by atoms with E-state index in [-0.39, 0.29) is 17.1 Å². The van der Waals surface area contributed by atoms with Gasteiger partial charge in [-0.1, -0.05) is 20.8 Å². The number of nitrogens with zero attached hydrogens (tertiary/aromatic N) is 6. The maximum Gasteiger partial charge on any atom is 3.00 e. The van der Waals surface area contributed by atoms with Crippen LogP contribution in [-0.2, 0) is 36.3 Å². The molecule has 0 saturated heterocycles. The van der Waals surface area contributed by atoms with Crippen molar-refractivity contribution in [3.05, 3.63) is 82.3 Å². The molecule has 3 heterocycles. The number of hydrogen-bond donors (Lipinski definition) is 3. The Balaban J connectivity index is 0.000000518. The van der Waals surface area contributed by atoms with Gasteiger partial charge in [0.05, 0.1) is 17.1 Å². The molecule has 203 valence electrons. The van der Waals surface area contributed by atoms with Crippen LogP contribution in [0.25, 0.3) is 0 Å². The predicted molar refractivity (Wildman–Crippen MR) is 134 cm³/mol. The Kier molecular flexibility index (Phi) is 13.0. The third-order valence-corrected chi connectivity index (χ3v) is 5.97. The Morgan fingerprint density at radius 1 is 0.514 bits per heavy atom. The molecule has 0 aliphatic rings. The minimum atomic E-state index is -0.609. The first-order chi connectivity index (χ1) is 16.7. The first-order valence-corrected chi connectivity index (χ1v) is 11.6. The van der Waals surface area contributed by atoms with Crippen LogP contribution in [0, 0.1) is 41.5 Å². The van der Waals surface area contributed by atoms with Gasteiger partial charge < -0.3 is 15.6 Å². The molecule has 0 aromatic carbocycles. The quantitative estimate of drug-likeness (QED) is 0.321. The molecule has 0 bridgehead atoms. The Morgan fingerprint density at radius 2 is 0.703 bits per heavy atom. The van der Waals surface area contributed by atoms with Crippen molar-refractivity contribution in [2.75, 3.05) is 0 Å². The van der Waals surface area contributed by atoms with E-state index in [0.29, 0.717) is 48.4 Å². The molecule has 3 aromatic rings. The molecule has 0 fully saturated rings. The Labute approximate surface area is 225 Å². The molecule has 0 aliphatic carbocycles. The smallest absolute Gasteiger partial charge is 0.424 e. The van der Waals surface area contributed by atoms with Crippen molar-refractivity contribution in [3.8, 4) is 0 Å². The first-order valence-electron chi connectivity index (χ1n) is 11.6. The van der Waals surface area contributed by atoms with Gasteiger partial charge in [-0.15, -0.1) is 14.2 Å². The monoisotopic (exact) mass is 560 g/mol. The van der Waals surface area contributed by atoms with E-state index in [1.54, 1.807) is 41.5 Å². The molecular weight excluding hydrogens is 524 g/mol. The van der Waals surface area contributed by atoms with Gasteiger partial charge in [0.25, 0.3) is 0 Å². The second kappa shape index (κ2) is 14.3. The van der Waals surface area contributed by atoms with E-state index in [2.05, 4.69) is 15.0 Å². The SMILES string of the molecule is CCc1c(C)nc(=O)n(O)c1C.CCc1c(C)nc(=O)n(O)c1C.CCc1c(C)nc(=O)n(O)c1C.[Fe+3]. The Morgan fingerprint density at radius 3 is 0.865 bits per heavy atom. The molecule has 3 aromatic heterocycles. The van der Waals surface area contributed by atoms with Crippen molar-refractivity contribution in [2.24, 2.45) is 0 Å². The van der Waals surface area contributed by atoms with Crippen molar-refractivity contribution >= 4 is 0 Å². The molecule has 13 heteroatoms. The molecule has 0 atom stereocenters. The van der Waals surface area contributed by atoms with Crippen LogP contribution in [0.4, 0.5) is 0 Å². The van der Waals surface area contributed by atoms with Crippen molar-refractivity contribution < 1.29 is 32.7 Å². The van der Waals surface area contributed by atoms with E-state index in [0.717, 1.165) is 36.0 Å². The van der Waals surface area contributed by atoms with E-state index in [4.69, 9.17) is 0 Å². The van der Waals surface area contributed by atoms with Crippen LogP contribution >= 0.6 is 0 Å². The van der Waals surface area contributed by atoms with Gasteiger partial charge in [-0.05, 0) is 77.5 Å². The van der Waals surface area contributed by atoms with Crippen LogP contribution < -0.4 is 17.1 Å². The summed E-state index contributed by atoms with van der Waals surface area (Å²) in [5.41, 5.74) is 4.79. The summed E-state index contributed by atoms with van der Waals surface area (Å²) < 4.78 is 1.77. The van der Waals surface area contributed by atoms with Gasteiger partial charge in [0.1, 0.15) is 0 Å². The number of aryl methyl sites for hydroxylation is 3. The van der Waals surface area contributed by atoms with Crippen LogP contribution in [0.1, 0.15) is 71.6 Å². The average molecular weight is 560 g/mol. The predicted octanol–water partition coefficient (Wildman–Crippen LogP) is 1.98. The molecular formula is C24H36FeN6O6+3. The number of rotatable bonds is 3.